The van der Waals surface area contributed by atoms with Gasteiger partial charge < -0.3 is 10.1 Å². The highest BCUT2D eigenvalue weighted by molar-refractivity contribution is 7.12. The van der Waals surface area contributed by atoms with Gasteiger partial charge in [-0.1, -0.05) is 13.8 Å². The molecule has 0 aliphatic carbocycles. The van der Waals surface area contributed by atoms with Crippen LogP contribution in [0.25, 0.3) is 0 Å². The van der Waals surface area contributed by atoms with E-state index in [1.165, 1.54) is 27.5 Å². The van der Waals surface area contributed by atoms with E-state index in [9.17, 15) is 4.39 Å². The van der Waals surface area contributed by atoms with Crippen molar-refractivity contribution < 1.29 is 9.13 Å². The first-order valence-electron chi connectivity index (χ1n) is 6.74. The van der Waals surface area contributed by atoms with Crippen LogP contribution in [0.4, 0.5) is 4.39 Å². The number of halogens is 1. The third-order valence-electron chi connectivity index (χ3n) is 2.96. The highest BCUT2D eigenvalue weighted by atomic mass is 32.1. The number of aryl methyl sites for hydroxylation is 1. The first-order chi connectivity index (χ1) is 9.54. The Bertz CT molecular complexity index is 548. The predicted molar refractivity (Wildman–Crippen MR) is 81.8 cm³/mol. The number of hydrogen-bond acceptors (Lipinski definition) is 3. The van der Waals surface area contributed by atoms with Crippen molar-refractivity contribution in [1.29, 1.82) is 0 Å². The molecule has 1 aromatic heterocycles. The quantitative estimate of drug-likeness (QED) is 0.858. The second kappa shape index (κ2) is 6.86. The first kappa shape index (κ1) is 15.0. The summed E-state index contributed by atoms with van der Waals surface area (Å²) in [4.78, 5) is 2.58. The Morgan fingerprint density at radius 3 is 2.60 bits per heavy atom. The van der Waals surface area contributed by atoms with E-state index in [0.29, 0.717) is 18.4 Å². The summed E-state index contributed by atoms with van der Waals surface area (Å²) in [7, 11) is 0. The summed E-state index contributed by atoms with van der Waals surface area (Å²) in [5.41, 5.74) is 1.19. The minimum atomic E-state index is -0.244. The van der Waals surface area contributed by atoms with Crippen molar-refractivity contribution >= 4 is 11.3 Å². The van der Waals surface area contributed by atoms with Gasteiger partial charge in [0.2, 0.25) is 0 Å². The number of ether oxygens (including phenoxy) is 1. The second-order valence-electron chi connectivity index (χ2n) is 5.07. The fourth-order valence-electron chi connectivity index (χ4n) is 1.81. The van der Waals surface area contributed by atoms with Crippen molar-refractivity contribution in [3.05, 3.63) is 51.5 Å². The average Bonchev–Trinajstić information content (AvgIpc) is 2.76. The zero-order valence-corrected chi connectivity index (χ0v) is 12.9. The van der Waals surface area contributed by atoms with Gasteiger partial charge in [0.15, 0.2) is 0 Å². The van der Waals surface area contributed by atoms with E-state index >= 15 is 0 Å². The molecule has 0 amide bonds. The van der Waals surface area contributed by atoms with E-state index < -0.39 is 0 Å². The van der Waals surface area contributed by atoms with Gasteiger partial charge >= 0.3 is 0 Å². The molecule has 1 N–H and O–H groups in total. The summed E-state index contributed by atoms with van der Waals surface area (Å²) in [5.74, 6) is 0.449. The van der Waals surface area contributed by atoms with Crippen molar-refractivity contribution in [2.45, 2.75) is 40.0 Å². The van der Waals surface area contributed by atoms with Crippen molar-refractivity contribution in [3.63, 3.8) is 0 Å². The fourth-order valence-corrected chi connectivity index (χ4v) is 2.81. The molecule has 0 saturated heterocycles. The van der Waals surface area contributed by atoms with Crippen LogP contribution in [0, 0.1) is 12.7 Å². The zero-order valence-electron chi connectivity index (χ0n) is 12.1. The van der Waals surface area contributed by atoms with Crippen LogP contribution in [-0.2, 0) is 13.2 Å². The van der Waals surface area contributed by atoms with E-state index in [1.807, 2.05) is 0 Å². The normalized spacial score (nSPS) is 11.1. The van der Waals surface area contributed by atoms with Crippen molar-refractivity contribution in [3.8, 4) is 5.75 Å². The van der Waals surface area contributed by atoms with Gasteiger partial charge in [0.1, 0.15) is 18.2 Å². The molecule has 108 valence electrons. The topological polar surface area (TPSA) is 21.3 Å². The maximum Gasteiger partial charge on any atom is 0.123 e. The van der Waals surface area contributed by atoms with E-state index in [1.54, 1.807) is 23.5 Å². The molecule has 20 heavy (non-hydrogen) atoms. The summed E-state index contributed by atoms with van der Waals surface area (Å²) in [5, 5.41) is 3.41. The van der Waals surface area contributed by atoms with Crippen LogP contribution in [-0.4, -0.2) is 6.04 Å². The number of benzene rings is 1. The van der Waals surface area contributed by atoms with Crippen LogP contribution >= 0.6 is 11.3 Å². The highest BCUT2D eigenvalue weighted by Gasteiger charge is 2.07. The van der Waals surface area contributed by atoms with E-state index in [2.05, 4.69) is 32.2 Å². The molecule has 2 nitrogen and oxygen atoms in total. The summed E-state index contributed by atoms with van der Waals surface area (Å²) < 4.78 is 18.5. The minimum Gasteiger partial charge on any atom is -0.489 e. The molecule has 0 spiro atoms. The largest absolute Gasteiger partial charge is 0.489 e. The predicted octanol–water partition coefficient (Wildman–Crippen LogP) is 4.27. The van der Waals surface area contributed by atoms with Crippen LogP contribution in [0.1, 0.15) is 29.2 Å². The standard InChI is InChI=1S/C16H20FNOS/c1-11(2)18-9-16-8-13(12(3)20-16)10-19-15-6-4-14(17)5-7-15/h4-8,11,18H,9-10H2,1-3H3. The zero-order chi connectivity index (χ0) is 14.5. The molecule has 4 heteroatoms. The third kappa shape index (κ3) is 4.32. The van der Waals surface area contributed by atoms with Crippen LogP contribution in [0.3, 0.4) is 0 Å². The summed E-state index contributed by atoms with van der Waals surface area (Å²) in [6, 6.07) is 8.79. The number of rotatable bonds is 6. The Kier molecular flexibility index (Phi) is 5.15. The fraction of sp³-hybridized carbons (Fsp3) is 0.375. The Morgan fingerprint density at radius 1 is 1.25 bits per heavy atom. The van der Waals surface area contributed by atoms with Crippen molar-refractivity contribution in [1.82, 2.24) is 5.32 Å². The van der Waals surface area contributed by atoms with Crippen LogP contribution in [0.5, 0.6) is 5.75 Å². The summed E-state index contributed by atoms with van der Waals surface area (Å²) in [6.45, 7) is 7.79. The van der Waals surface area contributed by atoms with Gasteiger partial charge in [-0.25, -0.2) is 4.39 Å². The number of hydrogen-bond donors (Lipinski definition) is 1. The first-order valence-corrected chi connectivity index (χ1v) is 7.56. The van der Waals surface area contributed by atoms with Gasteiger partial charge in [0.25, 0.3) is 0 Å². The molecule has 0 aliphatic heterocycles. The lowest BCUT2D eigenvalue weighted by Crippen LogP contribution is -2.21. The molecule has 1 aromatic carbocycles. The van der Waals surface area contributed by atoms with Gasteiger partial charge in [0, 0.05) is 27.9 Å². The van der Waals surface area contributed by atoms with Gasteiger partial charge in [-0.2, -0.15) is 0 Å². The molecular formula is C16H20FNOS. The van der Waals surface area contributed by atoms with Gasteiger partial charge in [-0.15, -0.1) is 11.3 Å². The maximum atomic E-state index is 12.8. The smallest absolute Gasteiger partial charge is 0.123 e. The summed E-state index contributed by atoms with van der Waals surface area (Å²) >= 11 is 1.79. The van der Waals surface area contributed by atoms with Crippen molar-refractivity contribution in [2.75, 3.05) is 0 Å². The van der Waals surface area contributed by atoms with Crippen LogP contribution in [0.2, 0.25) is 0 Å². The average molecular weight is 293 g/mol. The molecule has 0 saturated carbocycles. The van der Waals surface area contributed by atoms with Gasteiger partial charge in [-0.05, 0) is 37.3 Å². The lowest BCUT2D eigenvalue weighted by atomic mass is 10.2. The molecule has 0 atom stereocenters. The van der Waals surface area contributed by atoms with Crippen molar-refractivity contribution in [2.24, 2.45) is 0 Å². The van der Waals surface area contributed by atoms with Gasteiger partial charge in [-0.3, -0.25) is 0 Å². The Labute approximate surface area is 123 Å². The molecule has 2 rings (SSSR count). The lowest BCUT2D eigenvalue weighted by molar-refractivity contribution is 0.305. The van der Waals surface area contributed by atoms with E-state index in [-0.39, 0.29) is 5.82 Å². The maximum absolute atomic E-state index is 12.8. The molecule has 0 fully saturated rings. The Balaban J connectivity index is 1.94. The molecule has 1 heterocycles. The molecule has 0 aliphatic rings. The van der Waals surface area contributed by atoms with Crippen LogP contribution in [0.15, 0.2) is 30.3 Å². The van der Waals surface area contributed by atoms with Gasteiger partial charge in [0.05, 0.1) is 0 Å². The minimum absolute atomic E-state index is 0.244. The molecule has 0 bridgehead atoms. The Hall–Kier alpha value is -1.39. The number of thiophene rings is 1. The second-order valence-corrected chi connectivity index (χ2v) is 6.41. The number of nitrogens with one attached hydrogen (secondary N) is 1. The summed E-state index contributed by atoms with van der Waals surface area (Å²) in [6.07, 6.45) is 0. The molecule has 0 radical (unpaired) electrons. The molecule has 2 aromatic rings. The highest BCUT2D eigenvalue weighted by Crippen LogP contribution is 2.23. The van der Waals surface area contributed by atoms with E-state index in [0.717, 1.165) is 6.54 Å². The monoisotopic (exact) mass is 293 g/mol. The Morgan fingerprint density at radius 2 is 1.95 bits per heavy atom. The SMILES string of the molecule is Cc1sc(CNC(C)C)cc1COc1ccc(F)cc1. The molecular weight excluding hydrogens is 273 g/mol. The lowest BCUT2D eigenvalue weighted by Gasteiger charge is -2.06. The molecule has 0 unspecified atom stereocenters. The van der Waals surface area contributed by atoms with E-state index in [4.69, 9.17) is 4.74 Å². The van der Waals surface area contributed by atoms with Crippen LogP contribution < -0.4 is 10.1 Å². The third-order valence-corrected chi connectivity index (χ3v) is 4.06.